The van der Waals surface area contributed by atoms with Crippen LogP contribution in [0.5, 0.6) is 0 Å². The molecule has 0 aromatic heterocycles. The highest BCUT2D eigenvalue weighted by Crippen LogP contribution is 2.33. The summed E-state index contributed by atoms with van der Waals surface area (Å²) in [7, 11) is 0. The number of rotatable bonds is 1. The Labute approximate surface area is 136 Å². The summed E-state index contributed by atoms with van der Waals surface area (Å²) in [5, 5.41) is 3.29. The van der Waals surface area contributed by atoms with Gasteiger partial charge >= 0.3 is 0 Å². The number of carbonyl (C=O) groups excluding carboxylic acids is 2. The zero-order valence-corrected chi connectivity index (χ0v) is 13.3. The normalized spacial score (nSPS) is 25.0. The summed E-state index contributed by atoms with van der Waals surface area (Å²) in [4.78, 5) is 29.1. The molecule has 1 unspecified atom stereocenters. The van der Waals surface area contributed by atoms with Crippen molar-refractivity contribution in [2.24, 2.45) is 5.92 Å². The topological polar surface area (TPSA) is 52.7 Å². The molecule has 5 heteroatoms. The number of fused-ring (bicyclic) bond motifs is 3. The van der Waals surface area contributed by atoms with E-state index in [1.807, 2.05) is 15.9 Å². The van der Waals surface area contributed by atoms with E-state index in [1.165, 1.54) is 11.1 Å². The van der Waals surface area contributed by atoms with E-state index in [0.717, 1.165) is 38.9 Å². The van der Waals surface area contributed by atoms with Crippen LogP contribution in [0.1, 0.15) is 30.0 Å². The summed E-state index contributed by atoms with van der Waals surface area (Å²) in [6, 6.07) is 8.37. The van der Waals surface area contributed by atoms with Crippen molar-refractivity contribution < 1.29 is 9.59 Å². The molecule has 0 spiro atoms. The fourth-order valence-electron chi connectivity index (χ4n) is 4.17. The number of carbonyl (C=O) groups is 2. The van der Waals surface area contributed by atoms with Gasteiger partial charge in [-0.1, -0.05) is 24.3 Å². The minimum atomic E-state index is 0.0341. The molecule has 2 amide bonds. The van der Waals surface area contributed by atoms with Crippen LogP contribution in [0.15, 0.2) is 24.3 Å². The lowest BCUT2D eigenvalue weighted by Gasteiger charge is -2.45. The predicted octanol–water partition coefficient (Wildman–Crippen LogP) is 0.954. The van der Waals surface area contributed by atoms with Crippen molar-refractivity contribution >= 4 is 11.8 Å². The molecule has 122 valence electrons. The van der Waals surface area contributed by atoms with Gasteiger partial charge in [0.15, 0.2) is 0 Å². The molecule has 1 atom stereocenters. The molecule has 5 nitrogen and oxygen atoms in total. The van der Waals surface area contributed by atoms with Gasteiger partial charge < -0.3 is 15.1 Å². The maximum Gasteiger partial charge on any atom is 0.242 e. The summed E-state index contributed by atoms with van der Waals surface area (Å²) in [5.74, 6) is 0.343. The van der Waals surface area contributed by atoms with Gasteiger partial charge in [-0.3, -0.25) is 9.59 Å². The van der Waals surface area contributed by atoms with Gasteiger partial charge in [0.25, 0.3) is 0 Å². The highest BCUT2D eigenvalue weighted by Gasteiger charge is 2.39. The zero-order valence-electron chi connectivity index (χ0n) is 13.3. The van der Waals surface area contributed by atoms with Crippen LogP contribution in [-0.4, -0.2) is 54.3 Å². The minimum absolute atomic E-state index is 0.0341. The standard InChI is InChI=1S/C18H23N3O2/c22-17-12-20(18(23)14-5-8-19-9-6-14)11-16-15-4-2-1-3-13(15)7-10-21(16)17/h1-4,14,16,19H,5-12H2. The third-order valence-corrected chi connectivity index (χ3v) is 5.45. The lowest BCUT2D eigenvalue weighted by atomic mass is 9.89. The molecular weight excluding hydrogens is 290 g/mol. The lowest BCUT2D eigenvalue weighted by molar-refractivity contribution is -0.152. The van der Waals surface area contributed by atoms with Gasteiger partial charge in [0.1, 0.15) is 0 Å². The van der Waals surface area contributed by atoms with E-state index in [1.54, 1.807) is 0 Å². The molecule has 0 aliphatic carbocycles. The third kappa shape index (κ3) is 2.63. The number of amides is 2. The van der Waals surface area contributed by atoms with Gasteiger partial charge in [0, 0.05) is 19.0 Å². The Morgan fingerprint density at radius 1 is 1.17 bits per heavy atom. The third-order valence-electron chi connectivity index (χ3n) is 5.45. The lowest BCUT2D eigenvalue weighted by Crippen LogP contribution is -2.57. The van der Waals surface area contributed by atoms with Crippen LogP contribution >= 0.6 is 0 Å². The van der Waals surface area contributed by atoms with Crippen molar-refractivity contribution in [1.82, 2.24) is 15.1 Å². The first-order chi connectivity index (χ1) is 11.2. The first-order valence-electron chi connectivity index (χ1n) is 8.61. The molecule has 3 aliphatic heterocycles. The van der Waals surface area contributed by atoms with Crippen LogP contribution < -0.4 is 5.32 Å². The highest BCUT2D eigenvalue weighted by atomic mass is 16.2. The average Bonchev–Trinajstić information content (AvgIpc) is 2.61. The molecule has 4 rings (SSSR count). The second-order valence-corrected chi connectivity index (χ2v) is 6.79. The summed E-state index contributed by atoms with van der Waals surface area (Å²) in [5.41, 5.74) is 2.53. The molecule has 3 aliphatic rings. The summed E-state index contributed by atoms with van der Waals surface area (Å²) in [6.45, 7) is 3.47. The second kappa shape index (κ2) is 5.96. The first-order valence-corrected chi connectivity index (χ1v) is 8.61. The van der Waals surface area contributed by atoms with Gasteiger partial charge in [-0.15, -0.1) is 0 Å². The smallest absolute Gasteiger partial charge is 0.242 e. The molecule has 0 bridgehead atoms. The van der Waals surface area contributed by atoms with Crippen molar-refractivity contribution in [2.45, 2.75) is 25.3 Å². The van der Waals surface area contributed by atoms with Gasteiger partial charge in [-0.05, 0) is 43.5 Å². The second-order valence-electron chi connectivity index (χ2n) is 6.79. The predicted molar refractivity (Wildman–Crippen MR) is 86.8 cm³/mol. The summed E-state index contributed by atoms with van der Waals surface area (Å²) in [6.07, 6.45) is 2.68. The Bertz CT molecular complexity index is 624. The van der Waals surface area contributed by atoms with Crippen LogP contribution in [-0.2, 0) is 16.0 Å². The first kappa shape index (κ1) is 14.7. The molecular formula is C18H23N3O2. The van der Waals surface area contributed by atoms with E-state index < -0.39 is 0 Å². The summed E-state index contributed by atoms with van der Waals surface area (Å²) >= 11 is 0. The average molecular weight is 313 g/mol. The zero-order chi connectivity index (χ0) is 15.8. The number of piperidine rings is 1. The Morgan fingerprint density at radius 3 is 2.78 bits per heavy atom. The molecule has 2 fully saturated rings. The number of benzene rings is 1. The molecule has 1 N–H and O–H groups in total. The Balaban J connectivity index is 1.57. The highest BCUT2D eigenvalue weighted by molar-refractivity contribution is 5.87. The Hall–Kier alpha value is -1.88. The molecule has 23 heavy (non-hydrogen) atoms. The van der Waals surface area contributed by atoms with Crippen molar-refractivity contribution in [2.75, 3.05) is 32.7 Å². The van der Waals surface area contributed by atoms with E-state index in [-0.39, 0.29) is 30.3 Å². The van der Waals surface area contributed by atoms with E-state index in [2.05, 4.69) is 23.5 Å². The van der Waals surface area contributed by atoms with Gasteiger partial charge in [-0.2, -0.15) is 0 Å². The van der Waals surface area contributed by atoms with Crippen LogP contribution in [0, 0.1) is 5.92 Å². The number of nitrogens with zero attached hydrogens (tertiary/aromatic N) is 2. The van der Waals surface area contributed by atoms with Crippen molar-refractivity contribution in [3.05, 3.63) is 35.4 Å². The maximum absolute atomic E-state index is 12.8. The minimum Gasteiger partial charge on any atom is -0.332 e. The van der Waals surface area contributed by atoms with Crippen LogP contribution in [0.3, 0.4) is 0 Å². The van der Waals surface area contributed by atoms with Crippen molar-refractivity contribution in [1.29, 1.82) is 0 Å². The Kier molecular flexibility index (Phi) is 3.81. The van der Waals surface area contributed by atoms with Crippen LogP contribution in [0.2, 0.25) is 0 Å². The molecule has 1 aromatic rings. The fourth-order valence-corrected chi connectivity index (χ4v) is 4.17. The number of hydrogen-bond acceptors (Lipinski definition) is 3. The maximum atomic E-state index is 12.8. The number of nitrogens with one attached hydrogen (secondary N) is 1. The SMILES string of the molecule is O=C(C1CCNCC1)N1CC(=O)N2CCc3ccccc3C2C1. The van der Waals surface area contributed by atoms with Gasteiger partial charge in [0.2, 0.25) is 11.8 Å². The molecule has 0 radical (unpaired) electrons. The quantitative estimate of drug-likeness (QED) is 0.840. The number of piperazine rings is 1. The Morgan fingerprint density at radius 2 is 1.96 bits per heavy atom. The number of hydrogen-bond donors (Lipinski definition) is 1. The van der Waals surface area contributed by atoms with Crippen molar-refractivity contribution in [3.8, 4) is 0 Å². The molecule has 2 saturated heterocycles. The van der Waals surface area contributed by atoms with Crippen LogP contribution in [0.25, 0.3) is 0 Å². The molecule has 3 heterocycles. The van der Waals surface area contributed by atoms with E-state index >= 15 is 0 Å². The van der Waals surface area contributed by atoms with E-state index in [9.17, 15) is 9.59 Å². The largest absolute Gasteiger partial charge is 0.332 e. The molecule has 1 aromatic carbocycles. The van der Waals surface area contributed by atoms with Crippen molar-refractivity contribution in [3.63, 3.8) is 0 Å². The summed E-state index contributed by atoms with van der Waals surface area (Å²) < 4.78 is 0. The van der Waals surface area contributed by atoms with Crippen LogP contribution in [0.4, 0.5) is 0 Å². The van der Waals surface area contributed by atoms with Gasteiger partial charge in [0.05, 0.1) is 12.6 Å². The van der Waals surface area contributed by atoms with Gasteiger partial charge in [-0.25, -0.2) is 0 Å². The molecule has 0 saturated carbocycles. The van der Waals surface area contributed by atoms with E-state index in [0.29, 0.717) is 6.54 Å². The monoisotopic (exact) mass is 313 g/mol. The van der Waals surface area contributed by atoms with E-state index in [4.69, 9.17) is 0 Å². The fraction of sp³-hybridized carbons (Fsp3) is 0.556.